The second-order valence-electron chi connectivity index (χ2n) is 7.45. The van der Waals surface area contributed by atoms with Crippen LogP contribution < -0.4 is 10.0 Å². The van der Waals surface area contributed by atoms with Crippen LogP contribution in [-0.4, -0.2) is 44.3 Å². The molecule has 180 valence electrons. The third-order valence-electron chi connectivity index (χ3n) is 4.80. The van der Waals surface area contributed by atoms with Gasteiger partial charge in [0.05, 0.1) is 10.6 Å². The molecule has 0 radical (unpaired) electrons. The summed E-state index contributed by atoms with van der Waals surface area (Å²) in [5.74, 6) is -6.00. The number of carbonyl (C=O) groups is 2. The molecule has 0 aromatic heterocycles. The van der Waals surface area contributed by atoms with Crippen molar-refractivity contribution in [3.63, 3.8) is 0 Å². The average Bonchev–Trinajstić information content (AvgIpc) is 2.78. The van der Waals surface area contributed by atoms with Crippen molar-refractivity contribution in [1.29, 1.82) is 0 Å². The Balaban J connectivity index is 2.14. The Labute approximate surface area is 191 Å². The van der Waals surface area contributed by atoms with Crippen molar-refractivity contribution in [2.45, 2.75) is 44.6 Å². The van der Waals surface area contributed by atoms with Gasteiger partial charge in [0, 0.05) is 18.2 Å². The van der Waals surface area contributed by atoms with E-state index in [9.17, 15) is 31.2 Å². The van der Waals surface area contributed by atoms with Crippen LogP contribution in [0.3, 0.4) is 0 Å². The molecule has 0 bridgehead atoms. The number of anilines is 1. The van der Waals surface area contributed by atoms with Crippen LogP contribution in [0.1, 0.15) is 44.0 Å². The Morgan fingerprint density at radius 1 is 1.00 bits per heavy atom. The summed E-state index contributed by atoms with van der Waals surface area (Å²) in [6.07, 6.45) is 1.11. The standard InChI is InChI=1S/C22H26F3N3O4S/c1-4-12-28(13-19(29)26-18-11-10-17(23)20(24)21(18)25)22(30)15-6-8-16(9-7-15)33(31,32)27-14(3)5-2/h6-11,14,27H,4-5,12-13H2,1-3H3,(H,26,29). The maximum Gasteiger partial charge on any atom is 0.254 e. The van der Waals surface area contributed by atoms with Gasteiger partial charge in [0.25, 0.3) is 5.91 Å². The van der Waals surface area contributed by atoms with Crippen LogP contribution in [0.25, 0.3) is 0 Å². The number of carbonyl (C=O) groups excluding carboxylic acids is 2. The van der Waals surface area contributed by atoms with E-state index in [1.807, 2.05) is 6.92 Å². The molecule has 2 rings (SSSR count). The third-order valence-corrected chi connectivity index (χ3v) is 6.41. The number of nitrogens with one attached hydrogen (secondary N) is 2. The van der Waals surface area contributed by atoms with Crippen LogP contribution in [-0.2, 0) is 14.8 Å². The topological polar surface area (TPSA) is 95.6 Å². The highest BCUT2D eigenvalue weighted by Gasteiger charge is 2.22. The van der Waals surface area contributed by atoms with Gasteiger partial charge in [-0.05, 0) is 56.2 Å². The van der Waals surface area contributed by atoms with Gasteiger partial charge in [-0.1, -0.05) is 13.8 Å². The largest absolute Gasteiger partial charge is 0.329 e. The summed E-state index contributed by atoms with van der Waals surface area (Å²) in [6, 6.07) is 6.55. The Hall–Kier alpha value is -2.92. The van der Waals surface area contributed by atoms with Crippen LogP contribution in [0.15, 0.2) is 41.3 Å². The van der Waals surface area contributed by atoms with Crippen molar-refractivity contribution < 1.29 is 31.2 Å². The maximum atomic E-state index is 13.8. The molecule has 1 unspecified atom stereocenters. The molecule has 0 fully saturated rings. The van der Waals surface area contributed by atoms with Gasteiger partial charge < -0.3 is 10.2 Å². The quantitative estimate of drug-likeness (QED) is 0.502. The molecule has 0 saturated heterocycles. The van der Waals surface area contributed by atoms with Crippen LogP contribution in [0.5, 0.6) is 0 Å². The molecule has 0 aliphatic rings. The molecule has 0 saturated carbocycles. The molecule has 0 aliphatic heterocycles. The zero-order valence-corrected chi connectivity index (χ0v) is 19.3. The van der Waals surface area contributed by atoms with E-state index >= 15 is 0 Å². The zero-order valence-electron chi connectivity index (χ0n) is 18.5. The van der Waals surface area contributed by atoms with Gasteiger partial charge in [0.15, 0.2) is 17.5 Å². The second-order valence-corrected chi connectivity index (χ2v) is 9.17. The highest BCUT2D eigenvalue weighted by Crippen LogP contribution is 2.20. The van der Waals surface area contributed by atoms with Gasteiger partial charge in [-0.2, -0.15) is 0 Å². The first-order valence-corrected chi connectivity index (χ1v) is 11.8. The maximum absolute atomic E-state index is 13.8. The monoisotopic (exact) mass is 485 g/mol. The van der Waals surface area contributed by atoms with Crippen LogP contribution in [0, 0.1) is 17.5 Å². The van der Waals surface area contributed by atoms with E-state index in [1.54, 1.807) is 13.8 Å². The highest BCUT2D eigenvalue weighted by molar-refractivity contribution is 7.89. The number of amides is 2. The van der Waals surface area contributed by atoms with E-state index in [1.165, 1.54) is 29.2 Å². The number of hydrogen-bond acceptors (Lipinski definition) is 4. The normalized spacial score (nSPS) is 12.3. The van der Waals surface area contributed by atoms with Crippen LogP contribution in [0.2, 0.25) is 0 Å². The van der Waals surface area contributed by atoms with E-state index in [4.69, 9.17) is 0 Å². The van der Waals surface area contributed by atoms with E-state index in [-0.39, 0.29) is 23.0 Å². The first-order chi connectivity index (χ1) is 15.5. The number of nitrogens with zero attached hydrogens (tertiary/aromatic N) is 1. The van der Waals surface area contributed by atoms with Gasteiger partial charge in [0.2, 0.25) is 15.9 Å². The Morgan fingerprint density at radius 2 is 1.64 bits per heavy atom. The average molecular weight is 486 g/mol. The molecule has 11 heteroatoms. The smallest absolute Gasteiger partial charge is 0.254 e. The molecular formula is C22H26F3N3O4S. The van der Waals surface area contributed by atoms with Crippen LogP contribution in [0.4, 0.5) is 18.9 Å². The summed E-state index contributed by atoms with van der Waals surface area (Å²) in [5, 5.41) is 2.12. The summed E-state index contributed by atoms with van der Waals surface area (Å²) in [7, 11) is -3.74. The molecule has 2 amide bonds. The number of halogens is 3. The lowest BCUT2D eigenvalue weighted by molar-refractivity contribution is -0.116. The number of benzene rings is 2. The lowest BCUT2D eigenvalue weighted by Crippen LogP contribution is -2.38. The van der Waals surface area contributed by atoms with Gasteiger partial charge in [-0.3, -0.25) is 9.59 Å². The van der Waals surface area contributed by atoms with Crippen molar-refractivity contribution in [2.75, 3.05) is 18.4 Å². The minimum Gasteiger partial charge on any atom is -0.329 e. The minimum atomic E-state index is -3.74. The fourth-order valence-corrected chi connectivity index (χ4v) is 4.21. The molecule has 0 heterocycles. The van der Waals surface area contributed by atoms with E-state index in [2.05, 4.69) is 10.0 Å². The number of rotatable bonds is 10. The fourth-order valence-electron chi connectivity index (χ4n) is 2.88. The highest BCUT2D eigenvalue weighted by atomic mass is 32.2. The van der Waals surface area contributed by atoms with Gasteiger partial charge in [-0.15, -0.1) is 0 Å². The summed E-state index contributed by atoms with van der Waals surface area (Å²) in [5.41, 5.74) is -0.399. The fraction of sp³-hybridized carbons (Fsp3) is 0.364. The van der Waals surface area contributed by atoms with Crippen molar-refractivity contribution in [3.8, 4) is 0 Å². The van der Waals surface area contributed by atoms with E-state index in [0.717, 1.165) is 6.07 Å². The first kappa shape index (κ1) is 26.3. The first-order valence-electron chi connectivity index (χ1n) is 10.3. The van der Waals surface area contributed by atoms with Crippen molar-refractivity contribution in [3.05, 3.63) is 59.4 Å². The molecular weight excluding hydrogens is 459 g/mol. The third kappa shape index (κ3) is 6.78. The zero-order chi connectivity index (χ0) is 24.8. The Kier molecular flexibility index (Phi) is 9.00. The van der Waals surface area contributed by atoms with Gasteiger partial charge in [0.1, 0.15) is 6.54 Å². The SMILES string of the molecule is CCCN(CC(=O)Nc1ccc(F)c(F)c1F)C(=O)c1ccc(S(=O)(=O)NC(C)CC)cc1. The van der Waals surface area contributed by atoms with E-state index < -0.39 is 51.5 Å². The van der Waals surface area contributed by atoms with Crippen molar-refractivity contribution in [2.24, 2.45) is 0 Å². The molecule has 2 N–H and O–H groups in total. The molecule has 2 aromatic rings. The minimum absolute atomic E-state index is 0.00653. The molecule has 2 aromatic carbocycles. The molecule has 7 nitrogen and oxygen atoms in total. The molecule has 1 atom stereocenters. The molecule has 0 spiro atoms. The summed E-state index contributed by atoms with van der Waals surface area (Å²) in [6.45, 7) is 5.07. The Morgan fingerprint density at radius 3 is 2.21 bits per heavy atom. The predicted octanol–water partition coefficient (Wildman–Crippen LogP) is 3.67. The predicted molar refractivity (Wildman–Crippen MR) is 118 cm³/mol. The molecule has 33 heavy (non-hydrogen) atoms. The lowest BCUT2D eigenvalue weighted by Gasteiger charge is -2.22. The second kappa shape index (κ2) is 11.3. The van der Waals surface area contributed by atoms with E-state index in [0.29, 0.717) is 18.9 Å². The van der Waals surface area contributed by atoms with Crippen molar-refractivity contribution in [1.82, 2.24) is 9.62 Å². The van der Waals surface area contributed by atoms with Gasteiger partial charge >= 0.3 is 0 Å². The summed E-state index contributed by atoms with van der Waals surface area (Å²) < 4.78 is 67.5. The van der Waals surface area contributed by atoms with Crippen molar-refractivity contribution >= 4 is 27.5 Å². The summed E-state index contributed by atoms with van der Waals surface area (Å²) >= 11 is 0. The Bertz CT molecular complexity index is 1110. The van der Waals surface area contributed by atoms with Gasteiger partial charge in [-0.25, -0.2) is 26.3 Å². The van der Waals surface area contributed by atoms with Crippen LogP contribution >= 0.6 is 0 Å². The lowest BCUT2D eigenvalue weighted by atomic mass is 10.2. The number of hydrogen-bond donors (Lipinski definition) is 2. The molecule has 0 aliphatic carbocycles. The number of sulfonamides is 1. The summed E-state index contributed by atoms with van der Waals surface area (Å²) in [4.78, 5) is 26.4.